The molecule has 2 aromatic rings. The van der Waals surface area contributed by atoms with Crippen LogP contribution in [0.1, 0.15) is 18.1 Å². The Hall–Kier alpha value is -1.86. The lowest BCUT2D eigenvalue weighted by molar-refractivity contribution is 0.600. The summed E-state index contributed by atoms with van der Waals surface area (Å²) in [6.45, 7) is 2.32. The first-order valence-corrected chi connectivity index (χ1v) is 7.79. The Labute approximate surface area is 118 Å². The predicted octanol–water partition coefficient (Wildman–Crippen LogP) is 1.24. The van der Waals surface area contributed by atoms with E-state index >= 15 is 0 Å². The quantitative estimate of drug-likeness (QED) is 0.868. The van der Waals surface area contributed by atoms with Crippen LogP contribution < -0.4 is 10.5 Å². The van der Waals surface area contributed by atoms with E-state index in [0.29, 0.717) is 12.4 Å². The standard InChI is InChI=1S/C13H18N4O2S/c1-3-10-4-5-12(8-11(10)9-14)20(18,19)16-13-6-7-17(2)15-13/h4-8H,3,9,14H2,1-2H3,(H,15,16). The Morgan fingerprint density at radius 3 is 2.60 bits per heavy atom. The number of sulfonamides is 1. The minimum Gasteiger partial charge on any atom is -0.326 e. The first kappa shape index (κ1) is 14.5. The maximum absolute atomic E-state index is 12.3. The van der Waals surface area contributed by atoms with Crippen molar-refractivity contribution in [2.45, 2.75) is 24.8 Å². The molecule has 20 heavy (non-hydrogen) atoms. The molecule has 2 rings (SSSR count). The highest BCUT2D eigenvalue weighted by atomic mass is 32.2. The number of hydrogen-bond acceptors (Lipinski definition) is 4. The van der Waals surface area contributed by atoms with E-state index in [1.54, 1.807) is 37.5 Å². The summed E-state index contributed by atoms with van der Waals surface area (Å²) < 4.78 is 28.5. The van der Waals surface area contributed by atoms with Gasteiger partial charge in [-0.05, 0) is 29.7 Å². The topological polar surface area (TPSA) is 90.0 Å². The van der Waals surface area contributed by atoms with Crippen LogP contribution in [0.2, 0.25) is 0 Å². The molecule has 0 atom stereocenters. The van der Waals surface area contributed by atoms with Crippen LogP contribution in [0.3, 0.4) is 0 Å². The van der Waals surface area contributed by atoms with Crippen LogP contribution in [-0.4, -0.2) is 18.2 Å². The molecule has 0 spiro atoms. The summed E-state index contributed by atoms with van der Waals surface area (Å²) in [6, 6.07) is 6.60. The lowest BCUT2D eigenvalue weighted by Crippen LogP contribution is -2.14. The van der Waals surface area contributed by atoms with Gasteiger partial charge in [-0.1, -0.05) is 13.0 Å². The van der Waals surface area contributed by atoms with Crippen molar-refractivity contribution in [3.05, 3.63) is 41.6 Å². The Kier molecular flexibility index (Phi) is 4.10. The average Bonchev–Trinajstić information content (AvgIpc) is 2.82. The van der Waals surface area contributed by atoms with Gasteiger partial charge in [0.05, 0.1) is 4.90 Å². The van der Waals surface area contributed by atoms with Crippen LogP contribution in [0.5, 0.6) is 0 Å². The second-order valence-corrected chi connectivity index (χ2v) is 6.15. The molecular weight excluding hydrogens is 276 g/mol. The smallest absolute Gasteiger partial charge is 0.263 e. The zero-order chi connectivity index (χ0) is 14.8. The largest absolute Gasteiger partial charge is 0.326 e. The van der Waals surface area contributed by atoms with Gasteiger partial charge in [0.15, 0.2) is 5.82 Å². The van der Waals surface area contributed by atoms with Crippen molar-refractivity contribution in [2.75, 3.05) is 4.72 Å². The van der Waals surface area contributed by atoms with Gasteiger partial charge in [-0.3, -0.25) is 9.40 Å². The zero-order valence-corrected chi connectivity index (χ0v) is 12.3. The van der Waals surface area contributed by atoms with Gasteiger partial charge in [0.25, 0.3) is 10.0 Å². The summed E-state index contributed by atoms with van der Waals surface area (Å²) in [4.78, 5) is 0.195. The monoisotopic (exact) mass is 294 g/mol. The van der Waals surface area contributed by atoms with Crippen molar-refractivity contribution >= 4 is 15.8 Å². The van der Waals surface area contributed by atoms with Crippen molar-refractivity contribution in [1.82, 2.24) is 9.78 Å². The number of nitrogens with one attached hydrogen (secondary N) is 1. The van der Waals surface area contributed by atoms with E-state index < -0.39 is 10.0 Å². The first-order chi connectivity index (χ1) is 9.46. The molecule has 0 aliphatic rings. The summed E-state index contributed by atoms with van der Waals surface area (Å²) in [5.74, 6) is 0.293. The van der Waals surface area contributed by atoms with Crippen molar-refractivity contribution in [3.63, 3.8) is 0 Å². The molecule has 0 aliphatic heterocycles. The van der Waals surface area contributed by atoms with E-state index in [-0.39, 0.29) is 4.90 Å². The highest BCUT2D eigenvalue weighted by Crippen LogP contribution is 2.19. The maximum atomic E-state index is 12.3. The Morgan fingerprint density at radius 1 is 1.30 bits per heavy atom. The molecule has 0 aliphatic carbocycles. The summed E-state index contributed by atoms with van der Waals surface area (Å²) in [5, 5.41) is 4.00. The first-order valence-electron chi connectivity index (χ1n) is 6.30. The van der Waals surface area contributed by atoms with Crippen LogP contribution in [0, 0.1) is 0 Å². The molecule has 0 unspecified atom stereocenters. The van der Waals surface area contributed by atoms with Crippen LogP contribution in [0.4, 0.5) is 5.82 Å². The third kappa shape index (κ3) is 3.00. The minimum absolute atomic E-state index is 0.195. The van der Waals surface area contributed by atoms with Gasteiger partial charge in [0.1, 0.15) is 0 Å². The minimum atomic E-state index is -3.64. The van der Waals surface area contributed by atoms with Crippen molar-refractivity contribution < 1.29 is 8.42 Å². The van der Waals surface area contributed by atoms with Gasteiger partial charge in [0.2, 0.25) is 0 Å². The SMILES string of the molecule is CCc1ccc(S(=O)(=O)Nc2ccn(C)n2)cc1CN. The maximum Gasteiger partial charge on any atom is 0.263 e. The summed E-state index contributed by atoms with van der Waals surface area (Å²) in [7, 11) is -1.92. The zero-order valence-electron chi connectivity index (χ0n) is 11.5. The summed E-state index contributed by atoms with van der Waals surface area (Å²) >= 11 is 0. The van der Waals surface area contributed by atoms with Crippen LogP contribution >= 0.6 is 0 Å². The number of nitrogens with zero attached hydrogens (tertiary/aromatic N) is 2. The van der Waals surface area contributed by atoms with E-state index in [1.165, 1.54) is 4.68 Å². The fourth-order valence-electron chi connectivity index (χ4n) is 1.97. The second-order valence-electron chi connectivity index (χ2n) is 4.47. The highest BCUT2D eigenvalue weighted by Gasteiger charge is 2.16. The van der Waals surface area contributed by atoms with E-state index in [2.05, 4.69) is 9.82 Å². The van der Waals surface area contributed by atoms with E-state index in [1.807, 2.05) is 6.92 Å². The van der Waals surface area contributed by atoms with Crippen molar-refractivity contribution in [1.29, 1.82) is 0 Å². The Balaban J connectivity index is 2.34. The molecule has 1 aromatic heterocycles. The van der Waals surface area contributed by atoms with Gasteiger partial charge in [-0.2, -0.15) is 5.10 Å². The lowest BCUT2D eigenvalue weighted by Gasteiger charge is -2.10. The van der Waals surface area contributed by atoms with Crippen LogP contribution in [-0.2, 0) is 30.0 Å². The van der Waals surface area contributed by atoms with E-state index in [9.17, 15) is 8.42 Å². The molecule has 0 amide bonds. The van der Waals surface area contributed by atoms with Gasteiger partial charge < -0.3 is 5.73 Å². The average molecular weight is 294 g/mol. The number of benzene rings is 1. The highest BCUT2D eigenvalue weighted by molar-refractivity contribution is 7.92. The van der Waals surface area contributed by atoms with Gasteiger partial charge >= 0.3 is 0 Å². The fraction of sp³-hybridized carbons (Fsp3) is 0.308. The number of nitrogens with two attached hydrogens (primary N) is 1. The molecule has 3 N–H and O–H groups in total. The normalized spacial score (nSPS) is 11.6. The van der Waals surface area contributed by atoms with Crippen molar-refractivity contribution in [3.8, 4) is 0 Å². The molecule has 7 heteroatoms. The molecule has 6 nitrogen and oxygen atoms in total. The van der Waals surface area contributed by atoms with E-state index in [0.717, 1.165) is 17.5 Å². The van der Waals surface area contributed by atoms with Gasteiger partial charge in [-0.25, -0.2) is 8.42 Å². The Bertz CT molecular complexity index is 707. The third-order valence-electron chi connectivity index (χ3n) is 3.04. The fourth-order valence-corrected chi connectivity index (χ4v) is 3.02. The number of rotatable bonds is 5. The lowest BCUT2D eigenvalue weighted by atomic mass is 10.1. The van der Waals surface area contributed by atoms with Gasteiger partial charge in [0, 0.05) is 25.9 Å². The van der Waals surface area contributed by atoms with E-state index in [4.69, 9.17) is 5.73 Å². The van der Waals surface area contributed by atoms with Gasteiger partial charge in [-0.15, -0.1) is 0 Å². The number of aryl methyl sites for hydroxylation is 2. The molecule has 1 heterocycles. The van der Waals surface area contributed by atoms with Crippen molar-refractivity contribution in [2.24, 2.45) is 12.8 Å². The van der Waals surface area contributed by atoms with Crippen LogP contribution in [0.15, 0.2) is 35.4 Å². The molecule has 0 fully saturated rings. The molecule has 0 radical (unpaired) electrons. The summed E-state index contributed by atoms with van der Waals surface area (Å²) in [5.41, 5.74) is 7.57. The summed E-state index contributed by atoms with van der Waals surface area (Å²) in [6.07, 6.45) is 2.49. The van der Waals surface area contributed by atoms with Crippen LogP contribution in [0.25, 0.3) is 0 Å². The number of aromatic nitrogens is 2. The molecule has 108 valence electrons. The predicted molar refractivity (Wildman–Crippen MR) is 77.7 cm³/mol. The molecule has 0 bridgehead atoms. The molecule has 1 aromatic carbocycles. The Morgan fingerprint density at radius 2 is 2.05 bits per heavy atom. The number of hydrogen-bond donors (Lipinski definition) is 2. The molecule has 0 saturated carbocycles. The molecule has 0 saturated heterocycles. The molecular formula is C13H18N4O2S. The third-order valence-corrected chi connectivity index (χ3v) is 4.39. The number of anilines is 1. The second kappa shape index (κ2) is 5.64.